The van der Waals surface area contributed by atoms with E-state index in [-0.39, 0.29) is 12.2 Å². The number of anilines is 2. The molecule has 4 aliphatic heterocycles. The second kappa shape index (κ2) is 7.71. The Morgan fingerprint density at radius 1 is 0.865 bits per heavy atom. The van der Waals surface area contributed by atoms with Crippen LogP contribution in [-0.4, -0.2) is 67.6 Å². The zero-order chi connectivity index (χ0) is 25.5. The van der Waals surface area contributed by atoms with E-state index in [4.69, 9.17) is 14.2 Å². The number of aliphatic hydroxyl groups excluding tert-OH is 2. The lowest BCUT2D eigenvalue weighted by atomic mass is 9.77. The van der Waals surface area contributed by atoms with E-state index in [1.54, 1.807) is 18.2 Å². The van der Waals surface area contributed by atoms with Crippen molar-refractivity contribution < 1.29 is 34.0 Å². The molecule has 0 aliphatic carbocycles. The fourth-order valence-electron chi connectivity index (χ4n) is 5.67. The fraction of sp³-hybridized carbons (Fsp3) is 0.286. The molecule has 2 saturated heterocycles. The van der Waals surface area contributed by atoms with E-state index in [0.717, 1.165) is 11.4 Å². The molecule has 4 aliphatic rings. The lowest BCUT2D eigenvalue weighted by Crippen LogP contribution is -2.51. The average Bonchev–Trinajstić information content (AvgIpc) is 3.16. The molecule has 3 aromatic rings. The third kappa shape index (κ3) is 3.11. The molecule has 2 fully saturated rings. The highest BCUT2D eigenvalue weighted by Gasteiger charge is 2.54. The molecule has 7 rings (SSSR count). The summed E-state index contributed by atoms with van der Waals surface area (Å²) < 4.78 is 17.6. The Morgan fingerprint density at radius 3 is 1.95 bits per heavy atom. The molecular formula is C28H24N2O7. The first-order valence-corrected chi connectivity index (χ1v) is 12.2. The lowest BCUT2D eigenvalue weighted by Gasteiger charge is -2.41. The molecule has 0 saturated carbocycles. The maximum atomic E-state index is 13.2. The minimum Gasteiger partial charge on any atom is -0.465 e. The Kier molecular flexibility index (Phi) is 4.61. The number of fused-ring (bicyclic) bond motifs is 6. The molecule has 0 aromatic heterocycles. The van der Waals surface area contributed by atoms with Gasteiger partial charge in [0.1, 0.15) is 11.5 Å². The number of methoxy groups -OCH3 is 1. The Hall–Kier alpha value is -4.08. The average molecular weight is 501 g/mol. The van der Waals surface area contributed by atoms with Gasteiger partial charge in [0, 0.05) is 66.4 Å². The van der Waals surface area contributed by atoms with Gasteiger partial charge >= 0.3 is 11.9 Å². The van der Waals surface area contributed by atoms with Gasteiger partial charge in [-0.1, -0.05) is 0 Å². The van der Waals surface area contributed by atoms with Crippen molar-refractivity contribution in [1.29, 1.82) is 0 Å². The van der Waals surface area contributed by atoms with Crippen LogP contribution < -0.4 is 14.5 Å². The molecule has 9 heteroatoms. The van der Waals surface area contributed by atoms with Gasteiger partial charge in [-0.25, -0.2) is 9.59 Å². The molecule has 1 spiro atoms. The first kappa shape index (κ1) is 22.1. The Labute approximate surface area is 212 Å². The van der Waals surface area contributed by atoms with Crippen LogP contribution in [0.15, 0.2) is 54.6 Å². The molecule has 2 N–H and O–H groups in total. The van der Waals surface area contributed by atoms with Crippen LogP contribution in [0.4, 0.5) is 11.4 Å². The minimum absolute atomic E-state index is 0.311. The molecule has 188 valence electrons. The minimum atomic E-state index is -1.32. The predicted octanol–water partition coefficient (Wildman–Crippen LogP) is 2.40. The van der Waals surface area contributed by atoms with Gasteiger partial charge in [-0.3, -0.25) is 0 Å². The summed E-state index contributed by atoms with van der Waals surface area (Å²) in [6.07, 6.45) is -0.726. The second-order valence-corrected chi connectivity index (χ2v) is 9.90. The molecule has 0 bridgehead atoms. The van der Waals surface area contributed by atoms with Gasteiger partial charge in [0.25, 0.3) is 0 Å². The van der Waals surface area contributed by atoms with E-state index >= 15 is 0 Å². The number of aliphatic hydroxyl groups is 2. The molecule has 37 heavy (non-hydrogen) atoms. The van der Waals surface area contributed by atoms with Crippen molar-refractivity contribution in [2.45, 2.75) is 17.8 Å². The van der Waals surface area contributed by atoms with Gasteiger partial charge in [-0.15, -0.1) is 0 Å². The molecular weight excluding hydrogens is 476 g/mol. The number of carbonyl (C=O) groups is 2. The number of esters is 2. The summed E-state index contributed by atoms with van der Waals surface area (Å²) >= 11 is 0. The van der Waals surface area contributed by atoms with Crippen molar-refractivity contribution in [2.75, 3.05) is 43.1 Å². The molecule has 0 radical (unpaired) electrons. The first-order chi connectivity index (χ1) is 17.9. The summed E-state index contributed by atoms with van der Waals surface area (Å²) in [4.78, 5) is 29.7. The number of nitrogens with zero attached hydrogens (tertiary/aromatic N) is 2. The Balaban J connectivity index is 1.43. The standard InChI is InChI=1S/C28H24N2O7/c1-35-26(33)15-2-5-20-23(8-15)28(37-27(20)34)21-6-3-16(29-11-18(31)12-29)9-24(21)36-25-10-17(4-7-22(25)28)30-13-19(32)14-30/h2-10,18-19,31-32H,11-14H2,1H3. The van der Waals surface area contributed by atoms with E-state index in [1.807, 2.05) is 46.2 Å². The highest BCUT2D eigenvalue weighted by Crippen LogP contribution is 2.57. The van der Waals surface area contributed by atoms with Crippen LogP contribution in [0.1, 0.15) is 37.4 Å². The van der Waals surface area contributed by atoms with Gasteiger partial charge in [-0.2, -0.15) is 0 Å². The molecule has 0 unspecified atom stereocenters. The van der Waals surface area contributed by atoms with Crippen LogP contribution in [0.2, 0.25) is 0 Å². The number of rotatable bonds is 3. The monoisotopic (exact) mass is 500 g/mol. The Bertz CT molecular complexity index is 1410. The first-order valence-electron chi connectivity index (χ1n) is 12.2. The maximum absolute atomic E-state index is 13.2. The number of benzene rings is 3. The molecule has 9 nitrogen and oxygen atoms in total. The normalized spacial score (nSPS) is 19.3. The summed E-state index contributed by atoms with van der Waals surface area (Å²) in [7, 11) is 1.31. The SMILES string of the molecule is COC(=O)c1ccc2c(c1)C1(OC2=O)c2ccc(N3CC(O)C3)cc2Oc2cc(N3CC(O)C3)ccc21. The van der Waals surface area contributed by atoms with Crippen LogP contribution in [0.5, 0.6) is 11.5 Å². The van der Waals surface area contributed by atoms with E-state index < -0.39 is 17.5 Å². The zero-order valence-electron chi connectivity index (χ0n) is 20.0. The fourth-order valence-corrected chi connectivity index (χ4v) is 5.67. The summed E-state index contributed by atoms with van der Waals surface area (Å²) in [5.74, 6) is 0.0471. The van der Waals surface area contributed by atoms with Gasteiger partial charge in [0.05, 0.1) is 30.4 Å². The lowest BCUT2D eigenvalue weighted by molar-refractivity contribution is 0.0224. The van der Waals surface area contributed by atoms with Crippen LogP contribution in [0.3, 0.4) is 0 Å². The van der Waals surface area contributed by atoms with Crippen molar-refractivity contribution >= 4 is 23.3 Å². The van der Waals surface area contributed by atoms with Crippen molar-refractivity contribution in [1.82, 2.24) is 0 Å². The summed E-state index contributed by atoms with van der Waals surface area (Å²) in [5, 5.41) is 19.6. The van der Waals surface area contributed by atoms with E-state index in [2.05, 4.69) is 0 Å². The summed E-state index contributed by atoms with van der Waals surface area (Å²) in [5.41, 5.74) is 2.97. The van der Waals surface area contributed by atoms with Crippen LogP contribution in [-0.2, 0) is 15.1 Å². The number of hydrogen-bond donors (Lipinski definition) is 2. The van der Waals surface area contributed by atoms with Crippen LogP contribution >= 0.6 is 0 Å². The van der Waals surface area contributed by atoms with Gasteiger partial charge in [0.2, 0.25) is 0 Å². The largest absolute Gasteiger partial charge is 0.465 e. The molecule has 0 amide bonds. The van der Waals surface area contributed by atoms with E-state index in [1.165, 1.54) is 7.11 Å². The van der Waals surface area contributed by atoms with E-state index in [0.29, 0.717) is 65.5 Å². The summed E-state index contributed by atoms with van der Waals surface area (Å²) in [6.45, 7) is 2.12. The number of hydrogen-bond acceptors (Lipinski definition) is 9. The Morgan fingerprint density at radius 2 is 1.43 bits per heavy atom. The van der Waals surface area contributed by atoms with Crippen molar-refractivity contribution in [3.8, 4) is 11.5 Å². The zero-order valence-corrected chi connectivity index (χ0v) is 20.0. The number of carbonyl (C=O) groups excluding carboxylic acids is 2. The molecule has 0 atom stereocenters. The highest BCUT2D eigenvalue weighted by atomic mass is 16.6. The van der Waals surface area contributed by atoms with Crippen LogP contribution in [0.25, 0.3) is 0 Å². The molecule has 4 heterocycles. The topological polar surface area (TPSA) is 109 Å². The van der Waals surface area contributed by atoms with Crippen LogP contribution in [0, 0.1) is 0 Å². The van der Waals surface area contributed by atoms with Gasteiger partial charge < -0.3 is 34.2 Å². The second-order valence-electron chi connectivity index (χ2n) is 9.90. The summed E-state index contributed by atoms with van der Waals surface area (Å²) in [6, 6.07) is 16.2. The van der Waals surface area contributed by atoms with Crippen molar-refractivity contribution in [3.05, 3.63) is 82.4 Å². The smallest absolute Gasteiger partial charge is 0.340 e. The third-order valence-electron chi connectivity index (χ3n) is 7.65. The maximum Gasteiger partial charge on any atom is 0.340 e. The highest BCUT2D eigenvalue weighted by molar-refractivity contribution is 5.99. The van der Waals surface area contributed by atoms with Crippen molar-refractivity contribution in [3.63, 3.8) is 0 Å². The number of ether oxygens (including phenoxy) is 3. The quantitative estimate of drug-likeness (QED) is 0.524. The third-order valence-corrected chi connectivity index (χ3v) is 7.65. The van der Waals surface area contributed by atoms with Crippen molar-refractivity contribution in [2.24, 2.45) is 0 Å². The van der Waals surface area contributed by atoms with Gasteiger partial charge in [-0.05, 0) is 42.5 Å². The van der Waals surface area contributed by atoms with E-state index in [9.17, 15) is 19.8 Å². The molecule has 3 aromatic carbocycles. The number of β-amino-alcohol motifs (C(OH)–C–C–N with tert-alkyl or cyclic N) is 2. The predicted molar refractivity (Wildman–Crippen MR) is 132 cm³/mol. The van der Waals surface area contributed by atoms with Gasteiger partial charge in [0.15, 0.2) is 5.60 Å².